The molecule has 1 fully saturated rings. The minimum Gasteiger partial charge on any atom is -0.338 e. The minimum atomic E-state index is -0.159. The van der Waals surface area contributed by atoms with E-state index >= 15 is 0 Å². The van der Waals surface area contributed by atoms with Gasteiger partial charge in [0.15, 0.2) is 0 Å². The molecule has 1 aromatic heterocycles. The topological polar surface area (TPSA) is 144 Å². The minimum absolute atomic E-state index is 0.0772. The molecule has 0 radical (unpaired) electrons. The van der Waals surface area contributed by atoms with Crippen LogP contribution in [0.25, 0.3) is 20.9 Å². The Hall–Kier alpha value is -3.61. The van der Waals surface area contributed by atoms with Gasteiger partial charge in [-0.25, -0.2) is 0 Å². The lowest BCUT2D eigenvalue weighted by molar-refractivity contribution is 0.0790. The second kappa shape index (κ2) is 7.98. The van der Waals surface area contributed by atoms with E-state index in [0.29, 0.717) is 29.9 Å². The highest BCUT2D eigenvalue weighted by atomic mass is 16.2. The van der Waals surface area contributed by atoms with E-state index in [2.05, 4.69) is 30.0 Å². The van der Waals surface area contributed by atoms with E-state index in [-0.39, 0.29) is 18.4 Å². The van der Waals surface area contributed by atoms with Crippen LogP contribution in [0.15, 0.2) is 47.0 Å². The summed E-state index contributed by atoms with van der Waals surface area (Å²) in [6.07, 6.45) is 5.80. The van der Waals surface area contributed by atoms with Gasteiger partial charge in [0.05, 0.1) is 12.2 Å². The molecule has 26 heavy (non-hydrogen) atoms. The first-order valence-electron chi connectivity index (χ1n) is 7.96. The predicted molar refractivity (Wildman–Crippen MR) is 93.4 cm³/mol. The van der Waals surface area contributed by atoms with E-state index in [1.54, 1.807) is 35.6 Å². The number of likely N-dealkylation sites (tertiary alicyclic amines) is 1. The number of hydrogen-bond acceptors (Lipinski definition) is 5. The van der Waals surface area contributed by atoms with Gasteiger partial charge in [0.2, 0.25) is 0 Å². The highest BCUT2D eigenvalue weighted by molar-refractivity contribution is 5.95. The molecule has 2 heterocycles. The van der Waals surface area contributed by atoms with E-state index in [9.17, 15) is 4.79 Å². The maximum absolute atomic E-state index is 12.9. The molecule has 0 bridgehead atoms. The van der Waals surface area contributed by atoms with Crippen LogP contribution < -0.4 is 0 Å². The number of aromatic nitrogens is 2. The van der Waals surface area contributed by atoms with Gasteiger partial charge in [-0.15, -0.1) is 0 Å². The quantitative estimate of drug-likeness (QED) is 0.459. The fourth-order valence-electron chi connectivity index (χ4n) is 3.00. The summed E-state index contributed by atoms with van der Waals surface area (Å²) in [5, 5.41) is 7.06. The van der Waals surface area contributed by atoms with Crippen molar-refractivity contribution in [1.82, 2.24) is 14.9 Å². The van der Waals surface area contributed by atoms with Gasteiger partial charge in [-0.05, 0) is 41.2 Å². The van der Waals surface area contributed by atoms with Crippen molar-refractivity contribution < 1.29 is 4.79 Å². The molecule has 1 aromatic carbocycles. The van der Waals surface area contributed by atoms with Crippen molar-refractivity contribution >= 4 is 11.6 Å². The Labute approximate surface area is 148 Å². The lowest BCUT2D eigenvalue weighted by atomic mass is 10.1. The Bertz CT molecular complexity index is 901. The van der Waals surface area contributed by atoms with Crippen molar-refractivity contribution in [2.75, 3.05) is 13.1 Å². The van der Waals surface area contributed by atoms with E-state index in [1.807, 2.05) is 0 Å². The zero-order chi connectivity index (χ0) is 18.4. The van der Waals surface area contributed by atoms with Crippen LogP contribution in [0.1, 0.15) is 34.0 Å². The van der Waals surface area contributed by atoms with Crippen molar-refractivity contribution in [3.05, 3.63) is 74.5 Å². The lowest BCUT2D eigenvalue weighted by Gasteiger charge is -2.17. The summed E-state index contributed by atoms with van der Waals surface area (Å²) in [7, 11) is 0. The Morgan fingerprint density at radius 1 is 1.27 bits per heavy atom. The number of amides is 1. The highest BCUT2D eigenvalue weighted by Crippen LogP contribution is 2.27. The van der Waals surface area contributed by atoms with Crippen LogP contribution in [0.5, 0.6) is 0 Å². The molecule has 1 aliphatic heterocycles. The summed E-state index contributed by atoms with van der Waals surface area (Å²) in [5.74, 6) is -0.0100. The lowest BCUT2D eigenvalue weighted by Crippen LogP contribution is -2.28. The average molecular weight is 349 g/mol. The molecule has 10 nitrogen and oxygen atoms in total. The molecule has 2 aromatic rings. The Morgan fingerprint density at radius 2 is 2.15 bits per heavy atom. The van der Waals surface area contributed by atoms with Gasteiger partial charge in [0.1, 0.15) is 0 Å². The zero-order valence-electron chi connectivity index (χ0n) is 13.8. The monoisotopic (exact) mass is 349 g/mol. The highest BCUT2D eigenvalue weighted by Gasteiger charge is 2.29. The van der Waals surface area contributed by atoms with Crippen molar-refractivity contribution in [3.8, 4) is 0 Å². The third-order valence-electron chi connectivity index (χ3n) is 4.18. The van der Waals surface area contributed by atoms with Crippen LogP contribution in [0.2, 0.25) is 0 Å². The SMILES string of the molecule is [N-]=[N+]=NCc1cc(N=[N+]=[N-])cc(C(=O)N2CCC(c3cnccn3)C2)c1. The van der Waals surface area contributed by atoms with Gasteiger partial charge in [-0.3, -0.25) is 14.8 Å². The summed E-state index contributed by atoms with van der Waals surface area (Å²) in [5.41, 5.74) is 19.3. The molecular formula is C16H15N9O. The first-order valence-corrected chi connectivity index (χ1v) is 7.96. The van der Waals surface area contributed by atoms with Gasteiger partial charge >= 0.3 is 0 Å². The Balaban J connectivity index is 1.81. The molecule has 3 rings (SSSR count). The van der Waals surface area contributed by atoms with Gasteiger partial charge in [0, 0.05) is 58.7 Å². The third-order valence-corrected chi connectivity index (χ3v) is 4.18. The zero-order valence-corrected chi connectivity index (χ0v) is 13.8. The van der Waals surface area contributed by atoms with Crippen molar-refractivity contribution in [2.24, 2.45) is 10.2 Å². The number of azide groups is 2. The number of nitrogens with zero attached hydrogens (tertiary/aromatic N) is 9. The molecule has 0 N–H and O–H groups in total. The second-order valence-electron chi connectivity index (χ2n) is 5.83. The van der Waals surface area contributed by atoms with Crippen LogP contribution in [-0.4, -0.2) is 33.9 Å². The van der Waals surface area contributed by atoms with Crippen molar-refractivity contribution in [2.45, 2.75) is 18.9 Å². The van der Waals surface area contributed by atoms with Gasteiger partial charge in [-0.2, -0.15) is 0 Å². The number of benzene rings is 1. The summed E-state index contributed by atoms with van der Waals surface area (Å²) in [4.78, 5) is 28.5. The largest absolute Gasteiger partial charge is 0.338 e. The molecule has 1 atom stereocenters. The first-order chi connectivity index (χ1) is 12.7. The molecule has 0 saturated carbocycles. The summed E-state index contributed by atoms with van der Waals surface area (Å²) in [6, 6.07) is 4.79. The maximum atomic E-state index is 12.9. The molecule has 1 aliphatic rings. The summed E-state index contributed by atoms with van der Waals surface area (Å²) in [6.45, 7) is 1.24. The molecule has 0 spiro atoms. The van der Waals surface area contributed by atoms with Crippen LogP contribution in [0, 0.1) is 0 Å². The first kappa shape index (κ1) is 17.2. The second-order valence-corrected chi connectivity index (χ2v) is 5.83. The smallest absolute Gasteiger partial charge is 0.253 e. The Morgan fingerprint density at radius 3 is 2.88 bits per heavy atom. The van der Waals surface area contributed by atoms with E-state index < -0.39 is 0 Å². The molecule has 1 saturated heterocycles. The van der Waals surface area contributed by atoms with Crippen LogP contribution in [0.4, 0.5) is 5.69 Å². The Kier molecular flexibility index (Phi) is 5.28. The van der Waals surface area contributed by atoms with Crippen LogP contribution in [-0.2, 0) is 6.54 Å². The predicted octanol–water partition coefficient (Wildman–Crippen LogP) is 3.86. The molecule has 10 heteroatoms. The van der Waals surface area contributed by atoms with Crippen LogP contribution in [0.3, 0.4) is 0 Å². The van der Waals surface area contributed by atoms with E-state index in [1.165, 1.54) is 6.07 Å². The van der Waals surface area contributed by atoms with E-state index in [0.717, 1.165) is 12.1 Å². The van der Waals surface area contributed by atoms with Crippen molar-refractivity contribution in [1.29, 1.82) is 0 Å². The number of carbonyl (C=O) groups excluding carboxylic acids is 1. The average Bonchev–Trinajstić information content (AvgIpc) is 3.17. The molecule has 130 valence electrons. The standard InChI is InChI=1S/C16H15N9O/c17-23-21-8-11-5-13(7-14(6-11)22-24-18)16(26)25-4-1-12(10-25)15-9-19-2-3-20-15/h2-3,5-7,9,12H,1,4,8,10H2. The van der Waals surface area contributed by atoms with Gasteiger partial charge in [0.25, 0.3) is 5.91 Å². The third kappa shape index (κ3) is 3.89. The molecule has 1 amide bonds. The molecular weight excluding hydrogens is 334 g/mol. The summed E-state index contributed by atoms with van der Waals surface area (Å²) < 4.78 is 0. The number of hydrogen-bond donors (Lipinski definition) is 0. The summed E-state index contributed by atoms with van der Waals surface area (Å²) >= 11 is 0. The normalized spacial score (nSPS) is 15.8. The molecule has 1 unspecified atom stereocenters. The van der Waals surface area contributed by atoms with E-state index in [4.69, 9.17) is 11.1 Å². The van der Waals surface area contributed by atoms with Gasteiger partial charge < -0.3 is 4.90 Å². The van der Waals surface area contributed by atoms with Crippen molar-refractivity contribution in [3.63, 3.8) is 0 Å². The van der Waals surface area contributed by atoms with Gasteiger partial charge in [-0.1, -0.05) is 10.2 Å². The fourth-order valence-corrected chi connectivity index (χ4v) is 3.00. The van der Waals surface area contributed by atoms with Crippen LogP contribution >= 0.6 is 0 Å². The molecule has 0 aliphatic carbocycles. The maximum Gasteiger partial charge on any atom is 0.253 e. The number of rotatable bonds is 5. The number of carbonyl (C=O) groups is 1. The fraction of sp³-hybridized carbons (Fsp3) is 0.312.